The molecule has 9 heteroatoms. The normalized spacial score (nSPS) is 22.2. The minimum absolute atomic E-state index is 0.133. The molecule has 0 saturated heterocycles. The third-order valence-electron chi connectivity index (χ3n) is 5.50. The molecule has 4 N–H and O–H groups in total. The number of rotatable bonds is 6. The second-order valence-electron chi connectivity index (χ2n) is 7.68. The number of hydrogen-bond donors (Lipinski definition) is 3. The first-order valence-corrected chi connectivity index (χ1v) is 10.6. The Kier molecular flexibility index (Phi) is 6.11. The SMILES string of the molecule is NCCCNC(=O)c1cccc(NN2C=NC34CC(=O)CC=C3N(Cl)C=CC=C4C2)c1. The van der Waals surface area contributed by atoms with Crippen LogP contribution in [-0.2, 0) is 4.79 Å². The van der Waals surface area contributed by atoms with E-state index < -0.39 is 5.54 Å². The van der Waals surface area contributed by atoms with Gasteiger partial charge in [0.15, 0.2) is 0 Å². The number of halogens is 1. The largest absolute Gasteiger partial charge is 0.352 e. The van der Waals surface area contributed by atoms with Gasteiger partial charge < -0.3 is 11.1 Å². The molecule has 1 spiro atoms. The summed E-state index contributed by atoms with van der Waals surface area (Å²) < 4.78 is 1.52. The number of amides is 1. The highest BCUT2D eigenvalue weighted by Gasteiger charge is 2.46. The summed E-state index contributed by atoms with van der Waals surface area (Å²) in [6, 6.07) is 7.25. The molecule has 8 nitrogen and oxygen atoms in total. The van der Waals surface area contributed by atoms with Crippen molar-refractivity contribution in [3.8, 4) is 0 Å². The van der Waals surface area contributed by atoms with Gasteiger partial charge in [-0.3, -0.25) is 29.4 Å². The van der Waals surface area contributed by atoms with E-state index in [0.29, 0.717) is 38.0 Å². The van der Waals surface area contributed by atoms with E-state index in [2.05, 4.69) is 10.7 Å². The van der Waals surface area contributed by atoms with Crippen molar-refractivity contribution in [3.05, 3.63) is 65.5 Å². The molecule has 1 aromatic rings. The zero-order chi connectivity index (χ0) is 21.8. The second-order valence-corrected chi connectivity index (χ2v) is 8.04. The van der Waals surface area contributed by atoms with E-state index in [0.717, 1.165) is 23.4 Å². The molecule has 0 bridgehead atoms. The molecule has 2 heterocycles. The lowest BCUT2D eigenvalue weighted by atomic mass is 9.77. The molecular weight excluding hydrogens is 416 g/mol. The van der Waals surface area contributed by atoms with Gasteiger partial charge in [0.2, 0.25) is 0 Å². The lowest BCUT2D eigenvalue weighted by molar-refractivity contribution is -0.119. The molecular formula is C22H25ClN6O2. The standard InChI is InChI=1S/C22H25ClN6O2/c23-29-11-2-5-17-14-28(15-26-22(17)13-19(30)7-8-20(22)29)27-18-6-1-4-16(12-18)21(31)25-10-3-9-24/h1-2,4-6,8,11-12,15,27H,3,7,9-10,13-14,24H2,(H,25,31). The Morgan fingerprint density at radius 1 is 1.35 bits per heavy atom. The van der Waals surface area contributed by atoms with Crippen molar-refractivity contribution in [2.45, 2.75) is 24.8 Å². The summed E-state index contributed by atoms with van der Waals surface area (Å²) in [6.07, 6.45) is 10.5. The van der Waals surface area contributed by atoms with Gasteiger partial charge in [-0.25, -0.2) is 0 Å². The minimum Gasteiger partial charge on any atom is -0.352 e. The maximum absolute atomic E-state index is 12.3. The van der Waals surface area contributed by atoms with Crippen LogP contribution in [0.4, 0.5) is 5.69 Å². The average molecular weight is 441 g/mol. The molecule has 1 amide bonds. The van der Waals surface area contributed by atoms with Crippen LogP contribution in [0.15, 0.2) is 65.0 Å². The Morgan fingerprint density at radius 2 is 2.23 bits per heavy atom. The van der Waals surface area contributed by atoms with Crippen LogP contribution in [0, 0.1) is 0 Å². The van der Waals surface area contributed by atoms with Crippen LogP contribution in [0.3, 0.4) is 0 Å². The molecule has 0 fully saturated rings. The van der Waals surface area contributed by atoms with Crippen molar-refractivity contribution >= 4 is 35.5 Å². The average Bonchev–Trinajstić information content (AvgIpc) is 2.89. The van der Waals surface area contributed by atoms with Gasteiger partial charge in [0.25, 0.3) is 5.91 Å². The van der Waals surface area contributed by atoms with Crippen LogP contribution in [0.5, 0.6) is 0 Å². The first-order chi connectivity index (χ1) is 15.0. The molecule has 1 aliphatic carbocycles. The number of hydrazine groups is 1. The van der Waals surface area contributed by atoms with Crippen LogP contribution < -0.4 is 16.5 Å². The van der Waals surface area contributed by atoms with Crippen LogP contribution in [0.2, 0.25) is 0 Å². The van der Waals surface area contributed by atoms with Crippen molar-refractivity contribution in [2.24, 2.45) is 10.7 Å². The smallest absolute Gasteiger partial charge is 0.251 e. The number of nitrogens with two attached hydrogens (primary N) is 1. The highest BCUT2D eigenvalue weighted by molar-refractivity contribution is 6.15. The molecule has 4 rings (SSSR count). The monoisotopic (exact) mass is 440 g/mol. The molecule has 3 aliphatic rings. The van der Waals surface area contributed by atoms with Gasteiger partial charge in [-0.2, -0.15) is 0 Å². The third kappa shape index (κ3) is 4.35. The van der Waals surface area contributed by atoms with Crippen LogP contribution in [0.25, 0.3) is 0 Å². The summed E-state index contributed by atoms with van der Waals surface area (Å²) in [7, 11) is 0. The van der Waals surface area contributed by atoms with E-state index in [-0.39, 0.29) is 11.7 Å². The number of allylic oxidation sites excluding steroid dienone is 3. The number of carbonyl (C=O) groups excluding carboxylic acids is 2. The summed E-state index contributed by atoms with van der Waals surface area (Å²) in [5.74, 6) is -0.00814. The van der Waals surface area contributed by atoms with Crippen molar-refractivity contribution in [1.29, 1.82) is 0 Å². The molecule has 0 radical (unpaired) electrons. The van der Waals surface area contributed by atoms with E-state index in [1.807, 2.05) is 35.4 Å². The zero-order valence-electron chi connectivity index (χ0n) is 17.1. The molecule has 162 valence electrons. The number of benzene rings is 1. The van der Waals surface area contributed by atoms with E-state index >= 15 is 0 Å². The Hall–Kier alpha value is -3.10. The highest BCUT2D eigenvalue weighted by atomic mass is 35.5. The maximum Gasteiger partial charge on any atom is 0.251 e. The topological polar surface area (TPSA) is 103 Å². The highest BCUT2D eigenvalue weighted by Crippen LogP contribution is 2.43. The van der Waals surface area contributed by atoms with Crippen LogP contribution in [0.1, 0.15) is 29.6 Å². The molecule has 0 aromatic heterocycles. The lowest BCUT2D eigenvalue weighted by Gasteiger charge is -2.42. The predicted molar refractivity (Wildman–Crippen MR) is 121 cm³/mol. The fourth-order valence-corrected chi connectivity index (χ4v) is 4.24. The fraction of sp³-hybridized carbons (Fsp3) is 0.318. The number of hydrogen-bond acceptors (Lipinski definition) is 7. The number of aliphatic imine (C=N–C) groups is 1. The van der Waals surface area contributed by atoms with Gasteiger partial charge in [0, 0.05) is 42.9 Å². The van der Waals surface area contributed by atoms with Gasteiger partial charge in [0.05, 0.1) is 17.9 Å². The van der Waals surface area contributed by atoms with Crippen molar-refractivity contribution < 1.29 is 9.59 Å². The number of ketones is 1. The van der Waals surface area contributed by atoms with E-state index in [9.17, 15) is 9.59 Å². The number of Topliss-reactive ketones (excluding diaryl/α,β-unsaturated/α-hetero) is 1. The first-order valence-electron chi connectivity index (χ1n) is 10.2. The van der Waals surface area contributed by atoms with Crippen LogP contribution in [-0.4, -0.2) is 52.6 Å². The lowest BCUT2D eigenvalue weighted by Crippen LogP contribution is -2.49. The van der Waals surface area contributed by atoms with Gasteiger partial charge >= 0.3 is 0 Å². The molecule has 2 aliphatic heterocycles. The van der Waals surface area contributed by atoms with E-state index in [4.69, 9.17) is 22.5 Å². The van der Waals surface area contributed by atoms with Gasteiger partial charge in [0.1, 0.15) is 17.7 Å². The summed E-state index contributed by atoms with van der Waals surface area (Å²) in [5.41, 5.74) is 11.1. The Bertz CT molecular complexity index is 1000. The molecule has 1 unspecified atom stereocenters. The predicted octanol–water partition coefficient (Wildman–Crippen LogP) is 2.33. The molecule has 0 saturated carbocycles. The number of nitrogens with one attached hydrogen (secondary N) is 2. The number of nitrogens with zero attached hydrogens (tertiary/aromatic N) is 3. The third-order valence-corrected chi connectivity index (χ3v) is 5.79. The van der Waals surface area contributed by atoms with Crippen LogP contribution >= 0.6 is 11.8 Å². The number of carbonyl (C=O) groups is 2. The van der Waals surface area contributed by atoms with Crippen molar-refractivity contribution in [2.75, 3.05) is 25.1 Å². The van der Waals surface area contributed by atoms with E-state index in [1.165, 1.54) is 4.42 Å². The Morgan fingerprint density at radius 3 is 3.06 bits per heavy atom. The summed E-state index contributed by atoms with van der Waals surface area (Å²) in [4.78, 5) is 29.3. The number of anilines is 1. The quantitative estimate of drug-likeness (QED) is 0.463. The fourth-order valence-electron chi connectivity index (χ4n) is 3.96. The first kappa shape index (κ1) is 21.1. The summed E-state index contributed by atoms with van der Waals surface area (Å²) in [6.45, 7) is 1.59. The van der Waals surface area contributed by atoms with Crippen molar-refractivity contribution in [1.82, 2.24) is 14.7 Å². The Labute approximate surface area is 186 Å². The van der Waals surface area contributed by atoms with E-state index in [1.54, 1.807) is 24.7 Å². The molecule has 1 aromatic carbocycles. The van der Waals surface area contributed by atoms with Gasteiger partial charge in [-0.05, 0) is 42.8 Å². The zero-order valence-corrected chi connectivity index (χ0v) is 17.8. The molecule has 31 heavy (non-hydrogen) atoms. The second kappa shape index (κ2) is 8.95. The molecule has 1 atom stereocenters. The summed E-state index contributed by atoms with van der Waals surface area (Å²) >= 11 is 6.40. The van der Waals surface area contributed by atoms with Crippen molar-refractivity contribution in [3.63, 3.8) is 0 Å². The maximum atomic E-state index is 12.3. The van der Waals surface area contributed by atoms with Gasteiger partial charge in [-0.1, -0.05) is 18.2 Å². The van der Waals surface area contributed by atoms with Gasteiger partial charge in [-0.15, -0.1) is 0 Å². The summed E-state index contributed by atoms with van der Waals surface area (Å²) in [5, 5.41) is 4.69. The Balaban J connectivity index is 1.53. The minimum atomic E-state index is -0.774.